The highest BCUT2D eigenvalue weighted by Crippen LogP contribution is 2.30. The molecule has 0 saturated heterocycles. The van der Waals surface area contributed by atoms with Crippen molar-refractivity contribution in [2.45, 2.75) is 6.18 Å². The highest BCUT2D eigenvalue weighted by Gasteiger charge is 2.30. The van der Waals surface area contributed by atoms with E-state index in [0.29, 0.717) is 0 Å². The molecule has 0 aliphatic heterocycles. The van der Waals surface area contributed by atoms with Crippen molar-refractivity contribution >= 4 is 5.70 Å². The van der Waals surface area contributed by atoms with Crippen molar-refractivity contribution in [3.63, 3.8) is 0 Å². The van der Waals surface area contributed by atoms with Crippen molar-refractivity contribution in [3.05, 3.63) is 53.4 Å². The minimum atomic E-state index is -4.39. The smallest absolute Gasteiger partial charge is 0.398 e. The van der Waals surface area contributed by atoms with Gasteiger partial charge < -0.3 is 17.2 Å². The van der Waals surface area contributed by atoms with Crippen LogP contribution in [-0.2, 0) is 6.18 Å². The number of halogens is 3. The summed E-state index contributed by atoms with van der Waals surface area (Å²) in [5, 5.41) is 0. The Morgan fingerprint density at radius 3 is 2.24 bits per heavy atom. The molecule has 1 aromatic rings. The average Bonchev–Trinajstić information content (AvgIpc) is 2.25. The fourth-order valence-electron chi connectivity index (χ4n) is 1.16. The van der Waals surface area contributed by atoms with Crippen molar-refractivity contribution in [2.75, 3.05) is 0 Å². The maximum absolute atomic E-state index is 12.4. The molecule has 92 valence electrons. The second kappa shape index (κ2) is 4.82. The summed E-state index contributed by atoms with van der Waals surface area (Å²) in [5.41, 5.74) is 15.6. The van der Waals surface area contributed by atoms with Gasteiger partial charge in [-0.3, -0.25) is 0 Å². The quantitative estimate of drug-likeness (QED) is 0.692. The Labute approximate surface area is 96.4 Å². The summed E-state index contributed by atoms with van der Waals surface area (Å²) in [7, 11) is 0. The zero-order valence-corrected chi connectivity index (χ0v) is 8.83. The zero-order chi connectivity index (χ0) is 13.1. The molecule has 0 aliphatic carbocycles. The van der Waals surface area contributed by atoms with Crippen molar-refractivity contribution < 1.29 is 13.2 Å². The lowest BCUT2D eigenvalue weighted by Crippen LogP contribution is -2.08. The van der Waals surface area contributed by atoms with E-state index in [9.17, 15) is 13.2 Å². The van der Waals surface area contributed by atoms with Gasteiger partial charge in [0.2, 0.25) is 0 Å². The summed E-state index contributed by atoms with van der Waals surface area (Å²) in [6.45, 7) is 0. The summed E-state index contributed by atoms with van der Waals surface area (Å²) < 4.78 is 37.3. The molecule has 0 saturated carbocycles. The highest BCUT2D eigenvalue weighted by atomic mass is 19.4. The number of allylic oxidation sites excluding steroid dienone is 2. The molecule has 0 fully saturated rings. The summed E-state index contributed by atoms with van der Waals surface area (Å²) in [6.07, 6.45) is -1.72. The molecule has 0 atom stereocenters. The molecule has 6 heteroatoms. The highest BCUT2D eigenvalue weighted by molar-refractivity contribution is 5.64. The lowest BCUT2D eigenvalue weighted by molar-refractivity contribution is -0.137. The third kappa shape index (κ3) is 3.75. The molecular formula is C11H12F3N3. The van der Waals surface area contributed by atoms with Crippen molar-refractivity contribution in [3.8, 4) is 0 Å². The van der Waals surface area contributed by atoms with Gasteiger partial charge in [-0.2, -0.15) is 13.2 Å². The molecule has 3 nitrogen and oxygen atoms in total. The number of hydrogen-bond acceptors (Lipinski definition) is 3. The van der Waals surface area contributed by atoms with Gasteiger partial charge in [-0.25, -0.2) is 0 Å². The molecule has 0 amide bonds. The van der Waals surface area contributed by atoms with E-state index in [1.54, 1.807) is 0 Å². The van der Waals surface area contributed by atoms with Gasteiger partial charge in [0.05, 0.1) is 11.4 Å². The van der Waals surface area contributed by atoms with E-state index in [2.05, 4.69) is 0 Å². The van der Waals surface area contributed by atoms with E-state index >= 15 is 0 Å². The number of rotatable bonds is 2. The van der Waals surface area contributed by atoms with Crippen LogP contribution in [0.2, 0.25) is 0 Å². The second-order valence-electron chi connectivity index (χ2n) is 3.37. The molecule has 0 spiro atoms. The zero-order valence-electron chi connectivity index (χ0n) is 8.83. The Morgan fingerprint density at radius 1 is 1.06 bits per heavy atom. The first-order valence-electron chi connectivity index (χ1n) is 4.67. The number of hydrogen-bond donors (Lipinski definition) is 3. The monoisotopic (exact) mass is 243 g/mol. The normalized spacial score (nSPS) is 12.3. The van der Waals surface area contributed by atoms with Crippen LogP contribution in [0, 0.1) is 0 Å². The van der Waals surface area contributed by atoms with Crippen LogP contribution in [0.5, 0.6) is 0 Å². The van der Waals surface area contributed by atoms with Crippen LogP contribution >= 0.6 is 0 Å². The van der Waals surface area contributed by atoms with E-state index < -0.39 is 11.7 Å². The minimum Gasteiger partial charge on any atom is -0.398 e. The van der Waals surface area contributed by atoms with Gasteiger partial charge in [0.1, 0.15) is 0 Å². The van der Waals surface area contributed by atoms with Crippen LogP contribution in [0.3, 0.4) is 0 Å². The molecule has 0 unspecified atom stereocenters. The van der Waals surface area contributed by atoms with E-state index in [-0.39, 0.29) is 17.1 Å². The predicted octanol–water partition coefficient (Wildman–Crippen LogP) is 1.76. The second-order valence-corrected chi connectivity index (χ2v) is 3.37. The van der Waals surface area contributed by atoms with Gasteiger partial charge in [-0.05, 0) is 29.8 Å². The Balaban J connectivity index is 3.08. The summed E-state index contributed by atoms with van der Waals surface area (Å²) in [6, 6.07) is 4.70. The van der Waals surface area contributed by atoms with Gasteiger partial charge in [0.15, 0.2) is 0 Å². The van der Waals surface area contributed by atoms with Gasteiger partial charge in [-0.1, -0.05) is 12.1 Å². The third-order valence-electron chi connectivity index (χ3n) is 1.98. The number of nitrogens with two attached hydrogens (primary N) is 3. The van der Waals surface area contributed by atoms with Gasteiger partial charge >= 0.3 is 6.18 Å². The molecule has 17 heavy (non-hydrogen) atoms. The fourth-order valence-corrected chi connectivity index (χ4v) is 1.16. The first-order valence-corrected chi connectivity index (χ1v) is 4.67. The molecule has 0 heterocycles. The van der Waals surface area contributed by atoms with Crippen LogP contribution in [0.15, 0.2) is 42.2 Å². The number of benzene rings is 1. The fraction of sp³-hybridized carbons (Fsp3) is 0.0909. The van der Waals surface area contributed by atoms with Gasteiger partial charge in [-0.15, -0.1) is 0 Å². The molecule has 0 bridgehead atoms. The van der Waals surface area contributed by atoms with Crippen molar-refractivity contribution in [1.29, 1.82) is 0 Å². The Kier molecular flexibility index (Phi) is 3.67. The van der Waals surface area contributed by atoms with Crippen molar-refractivity contribution in [1.82, 2.24) is 0 Å². The SMILES string of the molecule is NC(N)=C/C=C(\N)c1cccc(C(F)(F)F)c1. The van der Waals surface area contributed by atoms with Crippen LogP contribution in [0.4, 0.5) is 13.2 Å². The maximum Gasteiger partial charge on any atom is 0.416 e. The summed E-state index contributed by atoms with van der Waals surface area (Å²) in [4.78, 5) is 0. The van der Waals surface area contributed by atoms with Crippen LogP contribution in [0.1, 0.15) is 11.1 Å². The van der Waals surface area contributed by atoms with Crippen molar-refractivity contribution in [2.24, 2.45) is 17.2 Å². The Morgan fingerprint density at radius 2 is 1.71 bits per heavy atom. The first-order chi connectivity index (χ1) is 7.80. The Hall–Kier alpha value is -2.11. The summed E-state index contributed by atoms with van der Waals surface area (Å²) in [5.74, 6) is 0.0277. The van der Waals surface area contributed by atoms with Crippen LogP contribution in [-0.4, -0.2) is 0 Å². The van der Waals surface area contributed by atoms with Crippen LogP contribution < -0.4 is 17.2 Å². The topological polar surface area (TPSA) is 78.1 Å². The molecule has 0 radical (unpaired) electrons. The lowest BCUT2D eigenvalue weighted by Gasteiger charge is -2.08. The standard InChI is InChI=1S/C11H12F3N3/c12-11(13,14)8-3-1-2-7(6-8)9(15)4-5-10(16)17/h1-6H,15-17H2/b9-4-. The predicted molar refractivity (Wildman–Crippen MR) is 60.1 cm³/mol. The molecule has 1 rings (SSSR count). The third-order valence-corrected chi connectivity index (χ3v) is 1.98. The number of alkyl halides is 3. The summed E-state index contributed by atoms with van der Waals surface area (Å²) >= 11 is 0. The molecule has 6 N–H and O–H groups in total. The average molecular weight is 243 g/mol. The van der Waals surface area contributed by atoms with E-state index in [0.717, 1.165) is 12.1 Å². The Bertz CT molecular complexity index is 457. The first kappa shape index (κ1) is 13.0. The minimum absolute atomic E-state index is 0.0277. The van der Waals surface area contributed by atoms with Crippen LogP contribution in [0.25, 0.3) is 5.70 Å². The van der Waals surface area contributed by atoms with E-state index in [1.807, 2.05) is 0 Å². The maximum atomic E-state index is 12.4. The largest absolute Gasteiger partial charge is 0.416 e. The molecule has 0 aromatic heterocycles. The lowest BCUT2D eigenvalue weighted by atomic mass is 10.1. The van der Waals surface area contributed by atoms with Gasteiger partial charge in [0.25, 0.3) is 0 Å². The van der Waals surface area contributed by atoms with E-state index in [4.69, 9.17) is 17.2 Å². The molecule has 0 aliphatic rings. The van der Waals surface area contributed by atoms with Gasteiger partial charge in [0, 0.05) is 5.70 Å². The molecular weight excluding hydrogens is 231 g/mol. The molecule has 1 aromatic carbocycles. The van der Waals surface area contributed by atoms with E-state index in [1.165, 1.54) is 24.3 Å².